The van der Waals surface area contributed by atoms with Gasteiger partial charge in [0, 0.05) is 16.6 Å². The molecule has 8 nitrogen and oxygen atoms in total. The fourth-order valence-corrected chi connectivity index (χ4v) is 2.95. The maximum atomic E-state index is 13.5. The largest absolute Gasteiger partial charge is 0.481 e. The molecule has 0 aliphatic heterocycles. The first-order valence-electron chi connectivity index (χ1n) is 8.72. The van der Waals surface area contributed by atoms with Crippen LogP contribution < -0.4 is 5.32 Å². The lowest BCUT2D eigenvalue weighted by Crippen LogP contribution is -2.38. The topological polar surface area (TPSA) is 110 Å². The monoisotopic (exact) mass is 482 g/mol. The van der Waals surface area contributed by atoms with Gasteiger partial charge in [-0.3, -0.25) is 9.59 Å². The highest BCUT2D eigenvalue weighted by Gasteiger charge is 2.28. The molecule has 0 saturated heterocycles. The molecule has 1 amide bonds. The SMILES string of the molecule is CC(C)(CNC(=O)c1ccc(Cn2cc(-c3cc(F)c(F)cc3Br)nn2)o1)C(=O)O. The van der Waals surface area contributed by atoms with Gasteiger partial charge in [0.15, 0.2) is 17.4 Å². The smallest absolute Gasteiger partial charge is 0.310 e. The van der Waals surface area contributed by atoms with Crippen molar-refractivity contribution in [1.29, 1.82) is 0 Å². The summed E-state index contributed by atoms with van der Waals surface area (Å²) in [7, 11) is 0. The Bertz CT molecular complexity index is 1110. The third kappa shape index (κ3) is 4.73. The van der Waals surface area contributed by atoms with E-state index in [1.807, 2.05) is 0 Å². The molecule has 0 aliphatic carbocycles. The second-order valence-corrected chi connectivity index (χ2v) is 8.04. The number of halogens is 3. The maximum Gasteiger partial charge on any atom is 0.310 e. The Kier molecular flexibility index (Phi) is 6.01. The minimum absolute atomic E-state index is 0.0230. The number of carboxylic acids is 1. The minimum atomic E-state index is -1.11. The zero-order valence-corrected chi connectivity index (χ0v) is 17.5. The van der Waals surface area contributed by atoms with Gasteiger partial charge in [0.2, 0.25) is 0 Å². The quantitative estimate of drug-likeness (QED) is 0.498. The molecule has 1 aromatic carbocycles. The van der Waals surface area contributed by atoms with E-state index in [1.54, 1.807) is 6.07 Å². The van der Waals surface area contributed by atoms with E-state index in [9.17, 15) is 18.4 Å². The molecule has 2 aromatic heterocycles. The number of aromatic nitrogens is 3. The molecule has 0 fully saturated rings. The summed E-state index contributed by atoms with van der Waals surface area (Å²) in [5.41, 5.74) is -0.460. The second kappa shape index (κ2) is 8.34. The van der Waals surface area contributed by atoms with Crippen LogP contribution in [-0.2, 0) is 11.3 Å². The number of carbonyl (C=O) groups is 2. The highest BCUT2D eigenvalue weighted by molar-refractivity contribution is 9.10. The Labute approximate surface area is 178 Å². The van der Waals surface area contributed by atoms with Crippen LogP contribution in [0, 0.1) is 17.0 Å². The molecular formula is C19H17BrF2N4O4. The first kappa shape index (κ1) is 21.6. The van der Waals surface area contributed by atoms with Crippen molar-refractivity contribution in [2.45, 2.75) is 20.4 Å². The Balaban J connectivity index is 1.68. The standard InChI is InChI=1S/C19H17BrF2N4O4/c1-19(2,18(28)29)9-23-17(27)16-4-3-10(30-16)7-26-8-15(24-25-26)11-5-13(21)14(22)6-12(11)20/h3-6,8H,7,9H2,1-2H3,(H,23,27)(H,28,29). The molecule has 158 valence electrons. The van der Waals surface area contributed by atoms with Crippen molar-refractivity contribution < 1.29 is 27.9 Å². The summed E-state index contributed by atoms with van der Waals surface area (Å²) in [5.74, 6) is -3.13. The normalized spacial score (nSPS) is 11.5. The first-order chi connectivity index (χ1) is 14.1. The molecular weight excluding hydrogens is 466 g/mol. The molecule has 0 aliphatic rings. The zero-order valence-electron chi connectivity index (χ0n) is 15.9. The number of nitrogens with one attached hydrogen (secondary N) is 1. The van der Waals surface area contributed by atoms with Crippen LogP contribution >= 0.6 is 15.9 Å². The van der Waals surface area contributed by atoms with Gasteiger partial charge in [0.25, 0.3) is 5.91 Å². The lowest BCUT2D eigenvalue weighted by molar-refractivity contribution is -0.146. The van der Waals surface area contributed by atoms with Gasteiger partial charge < -0.3 is 14.8 Å². The van der Waals surface area contributed by atoms with E-state index >= 15 is 0 Å². The Morgan fingerprint density at radius 3 is 2.67 bits per heavy atom. The van der Waals surface area contributed by atoms with Crippen LogP contribution in [0.3, 0.4) is 0 Å². The van der Waals surface area contributed by atoms with E-state index < -0.39 is 28.9 Å². The van der Waals surface area contributed by atoms with Crippen LogP contribution in [0.4, 0.5) is 8.78 Å². The van der Waals surface area contributed by atoms with Crippen LogP contribution in [0.15, 0.2) is 39.4 Å². The predicted octanol–water partition coefficient (Wildman–Crippen LogP) is 3.47. The number of carboxylic acid groups (broad SMARTS) is 1. The van der Waals surface area contributed by atoms with Crippen LogP contribution in [0.2, 0.25) is 0 Å². The van der Waals surface area contributed by atoms with Gasteiger partial charge in [0.05, 0.1) is 11.6 Å². The molecule has 2 N–H and O–H groups in total. The Morgan fingerprint density at radius 1 is 1.27 bits per heavy atom. The average Bonchev–Trinajstić information content (AvgIpc) is 3.33. The molecule has 30 heavy (non-hydrogen) atoms. The van der Waals surface area contributed by atoms with Gasteiger partial charge in [-0.25, -0.2) is 13.5 Å². The van der Waals surface area contributed by atoms with Gasteiger partial charge >= 0.3 is 5.97 Å². The Morgan fingerprint density at radius 2 is 1.97 bits per heavy atom. The third-order valence-corrected chi connectivity index (χ3v) is 4.95. The molecule has 11 heteroatoms. The van der Waals surface area contributed by atoms with Crippen molar-refractivity contribution in [3.05, 3.63) is 58.1 Å². The van der Waals surface area contributed by atoms with E-state index in [1.165, 1.54) is 30.8 Å². The van der Waals surface area contributed by atoms with Gasteiger partial charge in [-0.1, -0.05) is 5.21 Å². The number of rotatable bonds is 7. The summed E-state index contributed by atoms with van der Waals surface area (Å²) < 4.78 is 34.0. The van der Waals surface area contributed by atoms with E-state index in [0.717, 1.165) is 12.1 Å². The number of hydrogen-bond donors (Lipinski definition) is 2. The summed E-state index contributed by atoms with van der Waals surface area (Å²) in [6, 6.07) is 5.06. The molecule has 0 radical (unpaired) electrons. The van der Waals surface area contributed by atoms with Crippen molar-refractivity contribution in [3.8, 4) is 11.3 Å². The minimum Gasteiger partial charge on any atom is -0.481 e. The fourth-order valence-electron chi connectivity index (χ4n) is 2.43. The molecule has 2 heterocycles. The lowest BCUT2D eigenvalue weighted by atomic mass is 9.94. The van der Waals surface area contributed by atoms with Crippen molar-refractivity contribution >= 4 is 27.8 Å². The predicted molar refractivity (Wildman–Crippen MR) is 105 cm³/mol. The van der Waals surface area contributed by atoms with Crippen molar-refractivity contribution in [2.24, 2.45) is 5.41 Å². The highest BCUT2D eigenvalue weighted by atomic mass is 79.9. The van der Waals surface area contributed by atoms with Crippen LogP contribution in [0.5, 0.6) is 0 Å². The van der Waals surface area contributed by atoms with Crippen molar-refractivity contribution in [3.63, 3.8) is 0 Å². The number of hydrogen-bond acceptors (Lipinski definition) is 5. The number of carbonyl (C=O) groups excluding carboxylic acids is 1. The molecule has 0 bridgehead atoms. The number of furan rings is 1. The zero-order chi connectivity index (χ0) is 22.1. The van der Waals surface area contributed by atoms with Crippen LogP contribution in [0.25, 0.3) is 11.3 Å². The third-order valence-electron chi connectivity index (χ3n) is 4.30. The maximum absolute atomic E-state index is 13.5. The summed E-state index contributed by atoms with van der Waals surface area (Å²) in [5, 5.41) is 19.5. The molecule has 3 aromatic rings. The van der Waals surface area contributed by atoms with Crippen molar-refractivity contribution in [2.75, 3.05) is 6.54 Å². The Hall–Kier alpha value is -3.08. The molecule has 0 unspecified atom stereocenters. The highest BCUT2D eigenvalue weighted by Crippen LogP contribution is 2.29. The molecule has 3 rings (SSSR count). The number of benzene rings is 1. The number of aliphatic carboxylic acids is 1. The van der Waals surface area contributed by atoms with Gasteiger partial charge in [0.1, 0.15) is 18.0 Å². The fraction of sp³-hybridized carbons (Fsp3) is 0.263. The van der Waals surface area contributed by atoms with E-state index in [0.29, 0.717) is 21.5 Å². The molecule has 0 saturated carbocycles. The average molecular weight is 483 g/mol. The first-order valence-corrected chi connectivity index (χ1v) is 9.51. The number of nitrogens with zero attached hydrogens (tertiary/aromatic N) is 3. The van der Waals surface area contributed by atoms with Gasteiger partial charge in [-0.15, -0.1) is 5.10 Å². The second-order valence-electron chi connectivity index (χ2n) is 7.19. The van der Waals surface area contributed by atoms with Gasteiger partial charge in [-0.05, 0) is 54.0 Å². The molecule has 0 atom stereocenters. The van der Waals surface area contributed by atoms with E-state index in [4.69, 9.17) is 9.52 Å². The van der Waals surface area contributed by atoms with Crippen molar-refractivity contribution in [1.82, 2.24) is 20.3 Å². The summed E-state index contributed by atoms with van der Waals surface area (Å²) in [6.07, 6.45) is 1.52. The van der Waals surface area contributed by atoms with Crippen LogP contribution in [-0.4, -0.2) is 38.5 Å². The van der Waals surface area contributed by atoms with Gasteiger partial charge in [-0.2, -0.15) is 0 Å². The van der Waals surface area contributed by atoms with Crippen LogP contribution in [0.1, 0.15) is 30.2 Å². The summed E-state index contributed by atoms with van der Waals surface area (Å²) in [4.78, 5) is 23.3. The van der Waals surface area contributed by atoms with E-state index in [-0.39, 0.29) is 18.8 Å². The molecule has 0 spiro atoms. The lowest BCUT2D eigenvalue weighted by Gasteiger charge is -2.18. The number of amides is 1. The summed E-state index contributed by atoms with van der Waals surface area (Å²) >= 11 is 3.17. The van der Waals surface area contributed by atoms with E-state index in [2.05, 4.69) is 31.6 Å². The summed E-state index contributed by atoms with van der Waals surface area (Å²) in [6.45, 7) is 3.07.